The normalized spacial score (nSPS) is 16.5. The minimum Gasteiger partial charge on any atom is -0.455 e. The SMILES string of the molecule is CN1CCN(c2c(NC(=O)c3ccn(CC(F)F)n3)ccc(Oc3ccccc3Cl)c2C(F)(F)F)C[C@@H]1CN. The fourth-order valence-corrected chi connectivity index (χ4v) is 4.50. The number of benzene rings is 2. The van der Waals surface area contributed by atoms with Crippen LogP contribution in [0.25, 0.3) is 0 Å². The number of nitrogens with two attached hydrogens (primary N) is 1. The third kappa shape index (κ3) is 6.60. The maximum atomic E-state index is 14.7. The van der Waals surface area contributed by atoms with Gasteiger partial charge in [0, 0.05) is 38.4 Å². The van der Waals surface area contributed by atoms with E-state index in [0.29, 0.717) is 6.54 Å². The van der Waals surface area contributed by atoms with Gasteiger partial charge in [-0.3, -0.25) is 14.4 Å². The molecule has 8 nitrogen and oxygen atoms in total. The zero-order valence-corrected chi connectivity index (χ0v) is 21.5. The Bertz CT molecular complexity index is 1320. The number of anilines is 2. The standard InChI is InChI=1S/C25H26ClF5N6O2/c1-35-10-11-36(13-15(35)12-32)23-17(33-24(38)18-8-9-37(34-18)14-21(27)28)6-7-20(22(23)25(29,30)31)39-19-5-3-2-4-16(19)26/h2-9,15,21H,10-14,32H2,1H3,(H,33,38)/t15-/m0/s1. The Morgan fingerprint density at radius 1 is 1.18 bits per heavy atom. The largest absolute Gasteiger partial charge is 0.455 e. The predicted molar refractivity (Wildman–Crippen MR) is 137 cm³/mol. The first kappa shape index (κ1) is 28.6. The maximum Gasteiger partial charge on any atom is 0.422 e. The molecule has 0 saturated carbocycles. The van der Waals surface area contributed by atoms with Crippen LogP contribution in [0.15, 0.2) is 48.7 Å². The molecule has 1 amide bonds. The zero-order valence-electron chi connectivity index (χ0n) is 20.8. The van der Waals surface area contributed by atoms with Gasteiger partial charge in [0.1, 0.15) is 23.6 Å². The Balaban J connectivity index is 1.79. The van der Waals surface area contributed by atoms with Crippen molar-refractivity contribution in [3.05, 3.63) is 64.9 Å². The summed E-state index contributed by atoms with van der Waals surface area (Å²) in [6, 6.07) is 9.46. The number of likely N-dealkylation sites (N-methyl/N-ethyl adjacent to an activating group) is 1. The Labute approximate surface area is 226 Å². The Morgan fingerprint density at radius 2 is 1.92 bits per heavy atom. The molecule has 3 N–H and O–H groups in total. The molecule has 1 aromatic heterocycles. The molecule has 1 saturated heterocycles. The van der Waals surface area contributed by atoms with E-state index in [1.54, 1.807) is 12.1 Å². The Morgan fingerprint density at radius 3 is 2.59 bits per heavy atom. The average Bonchev–Trinajstić information content (AvgIpc) is 3.33. The number of amides is 1. The van der Waals surface area contributed by atoms with Crippen LogP contribution in [0.5, 0.6) is 11.5 Å². The molecule has 210 valence electrons. The number of nitrogens with zero attached hydrogens (tertiary/aromatic N) is 4. The zero-order chi connectivity index (χ0) is 28.3. The number of carbonyl (C=O) groups is 1. The fraction of sp³-hybridized carbons (Fsp3) is 0.360. The third-order valence-electron chi connectivity index (χ3n) is 6.29. The summed E-state index contributed by atoms with van der Waals surface area (Å²) >= 11 is 6.14. The van der Waals surface area contributed by atoms with Gasteiger partial charge in [0.2, 0.25) is 0 Å². The number of rotatable bonds is 8. The number of carbonyl (C=O) groups excluding carboxylic acids is 1. The van der Waals surface area contributed by atoms with Crippen molar-refractivity contribution in [2.45, 2.75) is 25.2 Å². The van der Waals surface area contributed by atoms with E-state index in [1.165, 1.54) is 35.4 Å². The van der Waals surface area contributed by atoms with E-state index < -0.39 is 36.4 Å². The summed E-state index contributed by atoms with van der Waals surface area (Å²) in [5, 5.41) is 6.40. The van der Waals surface area contributed by atoms with E-state index in [-0.39, 0.29) is 53.5 Å². The molecule has 0 aliphatic carbocycles. The lowest BCUT2D eigenvalue weighted by Crippen LogP contribution is -2.54. The van der Waals surface area contributed by atoms with E-state index in [0.717, 1.165) is 10.7 Å². The number of alkyl halides is 5. The molecule has 0 spiro atoms. The molecule has 1 fully saturated rings. The van der Waals surface area contributed by atoms with Crippen LogP contribution in [0.2, 0.25) is 5.02 Å². The molecule has 3 aromatic rings. The smallest absolute Gasteiger partial charge is 0.422 e. The molecule has 2 heterocycles. The van der Waals surface area contributed by atoms with Gasteiger partial charge in [-0.15, -0.1) is 0 Å². The number of aromatic nitrogens is 2. The molecule has 1 atom stereocenters. The molecule has 1 aliphatic rings. The summed E-state index contributed by atoms with van der Waals surface area (Å²) < 4.78 is 76.1. The van der Waals surface area contributed by atoms with Crippen molar-refractivity contribution in [3.8, 4) is 11.5 Å². The lowest BCUT2D eigenvalue weighted by atomic mass is 10.0. The van der Waals surface area contributed by atoms with Crippen LogP contribution in [0, 0.1) is 0 Å². The highest BCUT2D eigenvalue weighted by molar-refractivity contribution is 6.32. The quantitative estimate of drug-likeness (QED) is 0.372. The third-order valence-corrected chi connectivity index (χ3v) is 6.60. The monoisotopic (exact) mass is 572 g/mol. The molecule has 0 radical (unpaired) electrons. The van der Waals surface area contributed by atoms with Crippen molar-refractivity contribution in [1.29, 1.82) is 0 Å². The summed E-state index contributed by atoms with van der Waals surface area (Å²) in [7, 11) is 1.83. The lowest BCUT2D eigenvalue weighted by Gasteiger charge is -2.41. The van der Waals surface area contributed by atoms with Gasteiger partial charge in [-0.2, -0.15) is 18.3 Å². The van der Waals surface area contributed by atoms with Crippen molar-refractivity contribution >= 4 is 28.9 Å². The molecular weight excluding hydrogens is 547 g/mol. The second-order valence-electron chi connectivity index (χ2n) is 8.95. The number of nitrogens with one attached hydrogen (secondary N) is 1. The van der Waals surface area contributed by atoms with E-state index >= 15 is 0 Å². The van der Waals surface area contributed by atoms with Crippen molar-refractivity contribution in [2.75, 3.05) is 43.4 Å². The topological polar surface area (TPSA) is 88.6 Å². The van der Waals surface area contributed by atoms with Crippen LogP contribution in [0.4, 0.5) is 33.3 Å². The minimum atomic E-state index is -4.90. The van der Waals surface area contributed by atoms with Gasteiger partial charge in [0.15, 0.2) is 5.69 Å². The number of ether oxygens (including phenoxy) is 1. The van der Waals surface area contributed by atoms with Crippen LogP contribution < -0.4 is 20.7 Å². The maximum absolute atomic E-state index is 14.7. The number of halogens is 6. The first-order valence-corrected chi connectivity index (χ1v) is 12.3. The van der Waals surface area contributed by atoms with E-state index in [2.05, 4.69) is 10.4 Å². The summed E-state index contributed by atoms with van der Waals surface area (Å²) in [6.07, 6.45) is -6.40. The van der Waals surface area contributed by atoms with Gasteiger partial charge < -0.3 is 20.7 Å². The highest BCUT2D eigenvalue weighted by atomic mass is 35.5. The van der Waals surface area contributed by atoms with Crippen molar-refractivity contribution in [2.24, 2.45) is 5.73 Å². The second-order valence-corrected chi connectivity index (χ2v) is 9.36. The van der Waals surface area contributed by atoms with E-state index in [9.17, 15) is 26.7 Å². The molecule has 1 aliphatic heterocycles. The summed E-state index contributed by atoms with van der Waals surface area (Å²) in [5.74, 6) is -1.34. The van der Waals surface area contributed by atoms with Gasteiger partial charge in [0.05, 0.1) is 16.4 Å². The summed E-state index contributed by atoms with van der Waals surface area (Å²) in [5.41, 5.74) is 4.08. The minimum absolute atomic E-state index is 0.0233. The van der Waals surface area contributed by atoms with Gasteiger partial charge >= 0.3 is 6.18 Å². The number of hydrogen-bond donors (Lipinski definition) is 2. The van der Waals surface area contributed by atoms with E-state index in [4.69, 9.17) is 22.1 Å². The first-order valence-electron chi connectivity index (χ1n) is 11.9. The van der Waals surface area contributed by atoms with E-state index in [1.807, 2.05) is 11.9 Å². The molecule has 2 aromatic carbocycles. The van der Waals surface area contributed by atoms with Gasteiger partial charge in [-0.25, -0.2) is 8.78 Å². The molecule has 0 bridgehead atoms. The molecule has 4 rings (SSSR count). The summed E-state index contributed by atoms with van der Waals surface area (Å²) in [6.45, 7) is 0.245. The molecular formula is C25H26ClF5N6O2. The average molecular weight is 573 g/mol. The van der Waals surface area contributed by atoms with Gasteiger partial charge in [-0.05, 0) is 37.4 Å². The fourth-order valence-electron chi connectivity index (χ4n) is 4.32. The highest BCUT2D eigenvalue weighted by Crippen LogP contribution is 2.48. The second kappa shape index (κ2) is 11.8. The van der Waals surface area contributed by atoms with Gasteiger partial charge in [-0.1, -0.05) is 23.7 Å². The van der Waals surface area contributed by atoms with Crippen LogP contribution >= 0.6 is 11.6 Å². The highest BCUT2D eigenvalue weighted by Gasteiger charge is 2.42. The first-order chi connectivity index (χ1) is 18.5. The number of para-hydroxylation sites is 1. The molecule has 14 heteroatoms. The Kier molecular flexibility index (Phi) is 8.62. The predicted octanol–water partition coefficient (Wildman–Crippen LogP) is 4.94. The van der Waals surface area contributed by atoms with Crippen LogP contribution in [0.3, 0.4) is 0 Å². The van der Waals surface area contributed by atoms with Crippen LogP contribution in [-0.4, -0.2) is 66.3 Å². The lowest BCUT2D eigenvalue weighted by molar-refractivity contribution is -0.138. The van der Waals surface area contributed by atoms with Crippen LogP contribution in [-0.2, 0) is 12.7 Å². The molecule has 0 unspecified atom stereocenters. The van der Waals surface area contributed by atoms with Crippen LogP contribution in [0.1, 0.15) is 16.1 Å². The van der Waals surface area contributed by atoms with Crippen molar-refractivity contribution in [1.82, 2.24) is 14.7 Å². The van der Waals surface area contributed by atoms with Crippen molar-refractivity contribution in [3.63, 3.8) is 0 Å². The van der Waals surface area contributed by atoms with Crippen molar-refractivity contribution < 1.29 is 31.5 Å². The van der Waals surface area contributed by atoms with Gasteiger partial charge in [0.25, 0.3) is 12.3 Å². The Hall–Kier alpha value is -3.42. The number of hydrogen-bond acceptors (Lipinski definition) is 6. The molecule has 39 heavy (non-hydrogen) atoms. The number of piperazine rings is 1. The summed E-state index contributed by atoms with van der Waals surface area (Å²) in [4.78, 5) is 16.4.